The number of anilines is 1. The molecule has 0 saturated heterocycles. The average Bonchev–Trinajstić information content (AvgIpc) is 3.48. The minimum absolute atomic E-state index is 0.0807. The van der Waals surface area contributed by atoms with Crippen LogP contribution in [-0.2, 0) is 16.1 Å². The summed E-state index contributed by atoms with van der Waals surface area (Å²) in [6.45, 7) is 3.81. The van der Waals surface area contributed by atoms with E-state index in [0.29, 0.717) is 17.3 Å². The van der Waals surface area contributed by atoms with E-state index in [1.54, 1.807) is 38.1 Å². The van der Waals surface area contributed by atoms with E-state index in [-0.39, 0.29) is 17.7 Å². The Hall–Kier alpha value is -2.53. The molecule has 1 aliphatic rings. The van der Waals surface area contributed by atoms with Crippen LogP contribution in [0.25, 0.3) is 0 Å². The Morgan fingerprint density at radius 1 is 1.07 bits per heavy atom. The predicted molar refractivity (Wildman–Crippen MR) is 106 cm³/mol. The first-order valence-corrected chi connectivity index (χ1v) is 9.34. The number of hydrogen-bond donors (Lipinski definition) is 2. The van der Waals surface area contributed by atoms with Crippen molar-refractivity contribution in [3.05, 3.63) is 59.1 Å². The fraction of sp³-hybridized carbons (Fsp3) is 0.333. The summed E-state index contributed by atoms with van der Waals surface area (Å²) in [5, 5.41) is 6.39. The molecule has 0 aromatic heterocycles. The molecule has 0 atom stereocenters. The normalized spacial score (nSPS) is 13.7. The standard InChI is InChI=1S/C21H23ClN2O3/c1-21(2,27-18-11-7-16(22)8-12-18)20(26)23-13-14-3-9-17(10-4-14)24-19(25)15-5-6-15/h3-4,7-12,15H,5-6,13H2,1-2H3,(H,23,26)(H,24,25). The van der Waals surface area contributed by atoms with E-state index >= 15 is 0 Å². The van der Waals surface area contributed by atoms with Crippen LogP contribution in [-0.4, -0.2) is 17.4 Å². The third kappa shape index (κ3) is 5.47. The van der Waals surface area contributed by atoms with E-state index in [2.05, 4.69) is 10.6 Å². The van der Waals surface area contributed by atoms with Gasteiger partial charge in [0.15, 0.2) is 5.60 Å². The molecular formula is C21H23ClN2O3. The van der Waals surface area contributed by atoms with Gasteiger partial charge < -0.3 is 15.4 Å². The molecule has 0 radical (unpaired) electrons. The third-order valence-electron chi connectivity index (χ3n) is 4.36. The van der Waals surface area contributed by atoms with Crippen LogP contribution in [0.2, 0.25) is 5.02 Å². The third-order valence-corrected chi connectivity index (χ3v) is 4.61. The fourth-order valence-electron chi connectivity index (χ4n) is 2.53. The van der Waals surface area contributed by atoms with Crippen molar-refractivity contribution in [3.8, 4) is 5.75 Å². The lowest BCUT2D eigenvalue weighted by Gasteiger charge is -2.25. The van der Waals surface area contributed by atoms with E-state index in [0.717, 1.165) is 24.1 Å². The smallest absolute Gasteiger partial charge is 0.263 e. The Labute approximate surface area is 164 Å². The van der Waals surface area contributed by atoms with E-state index < -0.39 is 5.60 Å². The van der Waals surface area contributed by atoms with Crippen molar-refractivity contribution in [2.45, 2.75) is 38.8 Å². The van der Waals surface area contributed by atoms with Crippen molar-refractivity contribution in [3.63, 3.8) is 0 Å². The van der Waals surface area contributed by atoms with Crippen LogP contribution in [0.4, 0.5) is 5.69 Å². The second kappa shape index (κ2) is 8.01. The molecule has 142 valence electrons. The molecule has 27 heavy (non-hydrogen) atoms. The number of hydrogen-bond acceptors (Lipinski definition) is 3. The Bertz CT molecular complexity index is 812. The van der Waals surface area contributed by atoms with Crippen molar-refractivity contribution in [2.75, 3.05) is 5.32 Å². The molecule has 1 fully saturated rings. The van der Waals surface area contributed by atoms with Crippen LogP contribution < -0.4 is 15.4 Å². The van der Waals surface area contributed by atoms with Gasteiger partial charge in [-0.3, -0.25) is 9.59 Å². The van der Waals surface area contributed by atoms with Crippen molar-refractivity contribution < 1.29 is 14.3 Å². The van der Waals surface area contributed by atoms with Crippen molar-refractivity contribution >= 4 is 29.1 Å². The Balaban J connectivity index is 1.51. The first kappa shape index (κ1) is 19.2. The van der Waals surface area contributed by atoms with Crippen LogP contribution in [0.1, 0.15) is 32.3 Å². The molecule has 5 nitrogen and oxygen atoms in total. The number of halogens is 1. The van der Waals surface area contributed by atoms with Crippen LogP contribution in [0.3, 0.4) is 0 Å². The molecule has 0 spiro atoms. The van der Waals surface area contributed by atoms with E-state index in [9.17, 15) is 9.59 Å². The van der Waals surface area contributed by atoms with Crippen LogP contribution in [0.15, 0.2) is 48.5 Å². The molecule has 2 aromatic rings. The van der Waals surface area contributed by atoms with Crippen LogP contribution in [0, 0.1) is 5.92 Å². The maximum absolute atomic E-state index is 12.5. The summed E-state index contributed by atoms with van der Waals surface area (Å²) in [7, 11) is 0. The zero-order valence-corrected chi connectivity index (χ0v) is 16.2. The lowest BCUT2D eigenvalue weighted by atomic mass is 10.1. The molecule has 0 bridgehead atoms. The summed E-state index contributed by atoms with van der Waals surface area (Å²) >= 11 is 5.86. The largest absolute Gasteiger partial charge is 0.478 e. The van der Waals surface area contributed by atoms with Crippen molar-refractivity contribution in [1.82, 2.24) is 5.32 Å². The topological polar surface area (TPSA) is 67.4 Å². The monoisotopic (exact) mass is 386 g/mol. The molecule has 1 aliphatic carbocycles. The second-order valence-electron chi connectivity index (χ2n) is 7.21. The van der Waals surface area contributed by atoms with Gasteiger partial charge in [-0.15, -0.1) is 0 Å². The van der Waals surface area contributed by atoms with Gasteiger partial charge in [0, 0.05) is 23.2 Å². The highest BCUT2D eigenvalue weighted by Crippen LogP contribution is 2.30. The zero-order valence-electron chi connectivity index (χ0n) is 15.4. The summed E-state index contributed by atoms with van der Waals surface area (Å²) in [5.41, 5.74) is 0.690. The van der Waals surface area contributed by atoms with E-state index in [1.165, 1.54) is 0 Å². The van der Waals surface area contributed by atoms with E-state index in [1.807, 2.05) is 24.3 Å². The molecule has 0 unspecified atom stereocenters. The van der Waals surface area contributed by atoms with Gasteiger partial charge in [0.25, 0.3) is 5.91 Å². The molecular weight excluding hydrogens is 364 g/mol. The Morgan fingerprint density at radius 2 is 1.70 bits per heavy atom. The highest BCUT2D eigenvalue weighted by molar-refractivity contribution is 6.30. The summed E-state index contributed by atoms with van der Waals surface area (Å²) in [5.74, 6) is 0.614. The van der Waals surface area contributed by atoms with E-state index in [4.69, 9.17) is 16.3 Å². The SMILES string of the molecule is CC(C)(Oc1ccc(Cl)cc1)C(=O)NCc1ccc(NC(=O)C2CC2)cc1. The minimum Gasteiger partial charge on any atom is -0.478 e. The van der Waals surface area contributed by atoms with Gasteiger partial charge in [-0.1, -0.05) is 23.7 Å². The quantitative estimate of drug-likeness (QED) is 0.750. The Morgan fingerprint density at radius 3 is 2.30 bits per heavy atom. The predicted octanol–water partition coefficient (Wildman–Crippen LogP) is 4.16. The second-order valence-corrected chi connectivity index (χ2v) is 7.65. The molecule has 2 aromatic carbocycles. The molecule has 0 aliphatic heterocycles. The molecule has 3 rings (SSSR count). The zero-order chi connectivity index (χ0) is 19.4. The van der Waals surface area contributed by atoms with Gasteiger partial charge in [-0.05, 0) is 68.7 Å². The number of carbonyl (C=O) groups is 2. The number of amides is 2. The van der Waals surface area contributed by atoms with Crippen molar-refractivity contribution in [1.29, 1.82) is 0 Å². The van der Waals surface area contributed by atoms with Gasteiger partial charge in [-0.2, -0.15) is 0 Å². The lowest BCUT2D eigenvalue weighted by Crippen LogP contribution is -2.46. The molecule has 6 heteroatoms. The average molecular weight is 387 g/mol. The Kier molecular flexibility index (Phi) is 5.71. The number of ether oxygens (including phenoxy) is 1. The number of nitrogens with one attached hydrogen (secondary N) is 2. The molecule has 2 amide bonds. The van der Waals surface area contributed by atoms with Gasteiger partial charge >= 0.3 is 0 Å². The van der Waals surface area contributed by atoms with Crippen LogP contribution >= 0.6 is 11.6 Å². The number of carbonyl (C=O) groups excluding carboxylic acids is 2. The summed E-state index contributed by atoms with van der Waals surface area (Å²) in [6, 6.07) is 14.3. The maximum atomic E-state index is 12.5. The maximum Gasteiger partial charge on any atom is 0.263 e. The number of rotatable bonds is 7. The highest BCUT2D eigenvalue weighted by Gasteiger charge is 2.30. The summed E-state index contributed by atoms with van der Waals surface area (Å²) in [6.07, 6.45) is 1.95. The molecule has 0 heterocycles. The summed E-state index contributed by atoms with van der Waals surface area (Å²) in [4.78, 5) is 24.2. The molecule has 1 saturated carbocycles. The van der Waals surface area contributed by atoms with Gasteiger partial charge in [0.2, 0.25) is 5.91 Å². The van der Waals surface area contributed by atoms with Gasteiger partial charge in [0.1, 0.15) is 5.75 Å². The fourth-order valence-corrected chi connectivity index (χ4v) is 2.66. The minimum atomic E-state index is -1.02. The lowest BCUT2D eigenvalue weighted by molar-refractivity contribution is -0.134. The van der Waals surface area contributed by atoms with Gasteiger partial charge in [0.05, 0.1) is 0 Å². The van der Waals surface area contributed by atoms with Crippen molar-refractivity contribution in [2.24, 2.45) is 5.92 Å². The van der Waals surface area contributed by atoms with Gasteiger partial charge in [-0.25, -0.2) is 0 Å². The first-order valence-electron chi connectivity index (χ1n) is 8.96. The first-order chi connectivity index (χ1) is 12.8. The number of benzene rings is 2. The highest BCUT2D eigenvalue weighted by atomic mass is 35.5. The summed E-state index contributed by atoms with van der Waals surface area (Å²) < 4.78 is 5.78. The molecule has 2 N–H and O–H groups in total. The van der Waals surface area contributed by atoms with Crippen LogP contribution in [0.5, 0.6) is 5.75 Å².